The van der Waals surface area contributed by atoms with Crippen LogP contribution in [0.3, 0.4) is 0 Å². The lowest BCUT2D eigenvalue weighted by Gasteiger charge is -2.24. The topological polar surface area (TPSA) is 119 Å². The second-order valence-electron chi connectivity index (χ2n) is 6.39. The van der Waals surface area contributed by atoms with E-state index in [0.29, 0.717) is 31.6 Å². The largest absolute Gasteiger partial charge is 0.383 e. The third-order valence-electron chi connectivity index (χ3n) is 4.40. The first kappa shape index (κ1) is 20.5. The van der Waals surface area contributed by atoms with Crippen molar-refractivity contribution in [3.63, 3.8) is 0 Å². The molecule has 9 nitrogen and oxygen atoms in total. The summed E-state index contributed by atoms with van der Waals surface area (Å²) in [6.07, 6.45) is 6.25. The summed E-state index contributed by atoms with van der Waals surface area (Å²) in [5.41, 5.74) is 5.35. The Balaban J connectivity index is 2.54. The van der Waals surface area contributed by atoms with Crippen LogP contribution in [-0.4, -0.2) is 31.8 Å². The number of hydrogen-bond donors (Lipinski definition) is 2. The molecule has 1 amide bonds. The molecule has 0 aliphatic heterocycles. The van der Waals surface area contributed by atoms with Gasteiger partial charge in [-0.2, -0.15) is 5.10 Å². The van der Waals surface area contributed by atoms with Crippen LogP contribution >= 0.6 is 0 Å². The van der Waals surface area contributed by atoms with E-state index in [4.69, 9.17) is 5.73 Å². The average Bonchev–Trinajstić information content (AvgIpc) is 3.12. The van der Waals surface area contributed by atoms with Gasteiger partial charge in [-0.15, -0.1) is 0 Å². The van der Waals surface area contributed by atoms with Crippen molar-refractivity contribution >= 4 is 17.4 Å². The fourth-order valence-corrected chi connectivity index (χ4v) is 2.81. The van der Waals surface area contributed by atoms with E-state index in [9.17, 15) is 14.4 Å². The van der Waals surface area contributed by atoms with Crippen molar-refractivity contribution in [2.24, 2.45) is 0 Å². The number of aromatic nitrogens is 4. The average molecular weight is 376 g/mol. The number of unbranched alkanes of at least 4 members (excludes halogenated alkanes) is 2. The van der Waals surface area contributed by atoms with Crippen molar-refractivity contribution in [3.05, 3.63) is 38.8 Å². The predicted molar refractivity (Wildman–Crippen MR) is 105 cm³/mol. The molecule has 148 valence electrons. The van der Waals surface area contributed by atoms with Crippen LogP contribution < -0.4 is 21.9 Å². The van der Waals surface area contributed by atoms with Gasteiger partial charge in [-0.25, -0.2) is 4.79 Å². The Morgan fingerprint density at radius 3 is 2.52 bits per heavy atom. The maximum absolute atomic E-state index is 13.1. The van der Waals surface area contributed by atoms with E-state index in [0.717, 1.165) is 19.3 Å². The summed E-state index contributed by atoms with van der Waals surface area (Å²) in [5, 5.41) is 4.13. The molecule has 0 spiro atoms. The number of nitrogens with zero attached hydrogens (tertiary/aromatic N) is 4. The third kappa shape index (κ3) is 4.47. The Labute approximate surface area is 157 Å². The van der Waals surface area contributed by atoms with Crippen LogP contribution in [0.15, 0.2) is 22.0 Å². The molecule has 0 fully saturated rings. The molecule has 2 rings (SSSR count). The maximum Gasteiger partial charge on any atom is 0.330 e. The van der Waals surface area contributed by atoms with Gasteiger partial charge in [0.1, 0.15) is 5.82 Å². The van der Waals surface area contributed by atoms with Crippen LogP contribution in [-0.2, 0) is 13.1 Å². The van der Waals surface area contributed by atoms with E-state index in [1.165, 1.54) is 15.7 Å². The SMILES string of the molecule is CCCCN(C(=O)c1cnn(CC)c1)c1c(N)n(CCCC)c(=O)[nH]c1=O. The Morgan fingerprint density at radius 1 is 1.22 bits per heavy atom. The number of carbonyl (C=O) groups excluding carboxylic acids is 1. The second-order valence-corrected chi connectivity index (χ2v) is 6.39. The summed E-state index contributed by atoms with van der Waals surface area (Å²) < 4.78 is 2.96. The zero-order valence-corrected chi connectivity index (χ0v) is 16.2. The van der Waals surface area contributed by atoms with Gasteiger partial charge in [0.05, 0.1) is 11.8 Å². The number of nitrogen functional groups attached to an aromatic ring is 1. The number of hydrogen-bond acceptors (Lipinski definition) is 5. The summed E-state index contributed by atoms with van der Waals surface area (Å²) in [6, 6.07) is 0. The smallest absolute Gasteiger partial charge is 0.330 e. The molecule has 0 bridgehead atoms. The van der Waals surface area contributed by atoms with Crippen molar-refractivity contribution < 1.29 is 4.79 Å². The molecule has 0 saturated heterocycles. The van der Waals surface area contributed by atoms with Crippen LogP contribution in [0.4, 0.5) is 11.5 Å². The molecule has 9 heteroatoms. The lowest BCUT2D eigenvalue weighted by atomic mass is 10.2. The van der Waals surface area contributed by atoms with Gasteiger partial charge in [0.25, 0.3) is 11.5 Å². The number of aryl methyl sites for hydroxylation is 1. The first-order chi connectivity index (χ1) is 12.9. The van der Waals surface area contributed by atoms with E-state index in [1.54, 1.807) is 10.9 Å². The van der Waals surface area contributed by atoms with Gasteiger partial charge in [0, 0.05) is 25.8 Å². The van der Waals surface area contributed by atoms with E-state index in [-0.39, 0.29) is 17.4 Å². The van der Waals surface area contributed by atoms with Gasteiger partial charge < -0.3 is 10.6 Å². The number of H-pyrrole nitrogens is 1. The normalized spacial score (nSPS) is 10.9. The molecule has 0 aliphatic carbocycles. The quantitative estimate of drug-likeness (QED) is 0.689. The highest BCUT2D eigenvalue weighted by Crippen LogP contribution is 2.20. The molecule has 0 atom stereocenters. The maximum atomic E-state index is 13.1. The minimum absolute atomic E-state index is 0.0181. The predicted octanol–water partition coefficient (Wildman–Crippen LogP) is 1.58. The van der Waals surface area contributed by atoms with Crippen LogP contribution in [0.1, 0.15) is 56.8 Å². The zero-order valence-electron chi connectivity index (χ0n) is 16.2. The lowest BCUT2D eigenvalue weighted by molar-refractivity contribution is 0.0986. The van der Waals surface area contributed by atoms with Crippen molar-refractivity contribution in [1.29, 1.82) is 0 Å². The standard InChI is InChI=1S/C18H28N6O3/c1-4-7-9-23(17(26)13-11-20-22(6-3)12-13)14-15(19)24(10-8-5-2)18(27)21-16(14)25/h11-12H,4-10,19H2,1-3H3,(H,21,25,27). The molecule has 2 heterocycles. The molecule has 0 aliphatic rings. The fraction of sp³-hybridized carbons (Fsp3) is 0.556. The molecule has 27 heavy (non-hydrogen) atoms. The van der Waals surface area contributed by atoms with Gasteiger partial charge in [0.15, 0.2) is 5.69 Å². The van der Waals surface area contributed by atoms with Crippen LogP contribution in [0.5, 0.6) is 0 Å². The van der Waals surface area contributed by atoms with Crippen molar-refractivity contribution in [3.8, 4) is 0 Å². The molecule has 0 saturated carbocycles. The fourth-order valence-electron chi connectivity index (χ4n) is 2.81. The molecular formula is C18H28N6O3. The van der Waals surface area contributed by atoms with Crippen molar-refractivity contribution in [2.75, 3.05) is 17.2 Å². The lowest BCUT2D eigenvalue weighted by Crippen LogP contribution is -2.41. The van der Waals surface area contributed by atoms with Crippen LogP contribution in [0.25, 0.3) is 0 Å². The van der Waals surface area contributed by atoms with E-state index >= 15 is 0 Å². The Bertz CT molecular complexity index is 895. The number of anilines is 2. The molecule has 0 radical (unpaired) electrons. The van der Waals surface area contributed by atoms with Crippen molar-refractivity contribution in [1.82, 2.24) is 19.3 Å². The third-order valence-corrected chi connectivity index (χ3v) is 4.40. The molecule has 3 N–H and O–H groups in total. The van der Waals surface area contributed by atoms with Gasteiger partial charge >= 0.3 is 5.69 Å². The first-order valence-electron chi connectivity index (χ1n) is 9.41. The summed E-state index contributed by atoms with van der Waals surface area (Å²) in [7, 11) is 0. The van der Waals surface area contributed by atoms with E-state index in [1.807, 2.05) is 20.8 Å². The molecule has 2 aromatic heterocycles. The van der Waals surface area contributed by atoms with E-state index < -0.39 is 11.2 Å². The summed E-state index contributed by atoms with van der Waals surface area (Å²) in [4.78, 5) is 41.4. The highest BCUT2D eigenvalue weighted by Gasteiger charge is 2.25. The molecule has 2 aromatic rings. The number of aromatic amines is 1. The summed E-state index contributed by atoms with van der Waals surface area (Å²) in [5.74, 6) is -0.342. The summed E-state index contributed by atoms with van der Waals surface area (Å²) in [6.45, 7) is 7.25. The molecular weight excluding hydrogens is 348 g/mol. The van der Waals surface area contributed by atoms with Crippen LogP contribution in [0.2, 0.25) is 0 Å². The van der Waals surface area contributed by atoms with E-state index in [2.05, 4.69) is 10.1 Å². The highest BCUT2D eigenvalue weighted by atomic mass is 16.2. The molecule has 0 unspecified atom stereocenters. The Kier molecular flexibility index (Phi) is 6.98. The number of nitrogens with two attached hydrogens (primary N) is 1. The number of carbonyl (C=O) groups is 1. The van der Waals surface area contributed by atoms with Crippen LogP contribution in [0, 0.1) is 0 Å². The zero-order chi connectivity index (χ0) is 20.0. The highest BCUT2D eigenvalue weighted by molar-refractivity contribution is 6.06. The number of nitrogens with one attached hydrogen (secondary N) is 1. The summed E-state index contributed by atoms with van der Waals surface area (Å²) >= 11 is 0. The Hall–Kier alpha value is -2.84. The number of amides is 1. The minimum atomic E-state index is -0.655. The second kappa shape index (κ2) is 9.20. The molecule has 0 aromatic carbocycles. The monoisotopic (exact) mass is 376 g/mol. The first-order valence-corrected chi connectivity index (χ1v) is 9.41. The minimum Gasteiger partial charge on any atom is -0.383 e. The van der Waals surface area contributed by atoms with Gasteiger partial charge in [-0.1, -0.05) is 26.7 Å². The Morgan fingerprint density at radius 2 is 1.93 bits per heavy atom. The number of rotatable bonds is 9. The van der Waals surface area contributed by atoms with Gasteiger partial charge in [-0.05, 0) is 19.8 Å². The van der Waals surface area contributed by atoms with Crippen molar-refractivity contribution in [2.45, 2.75) is 59.5 Å². The van der Waals surface area contributed by atoms with Gasteiger partial charge in [0.2, 0.25) is 0 Å². The van der Waals surface area contributed by atoms with Gasteiger partial charge in [-0.3, -0.25) is 23.8 Å².